The molecule has 0 radical (unpaired) electrons. The van der Waals surface area contributed by atoms with E-state index in [2.05, 4.69) is 54.3 Å². The monoisotopic (exact) mass is 294 g/mol. The van der Waals surface area contributed by atoms with Gasteiger partial charge in [0.25, 0.3) is 0 Å². The average Bonchev–Trinajstić information content (AvgIpc) is 1.86. The van der Waals surface area contributed by atoms with Gasteiger partial charge in [-0.05, 0) is 18.1 Å². The fourth-order valence-electron chi connectivity index (χ4n) is 1.30. The maximum Gasteiger partial charge on any atom is 0.00439 e. The molecule has 0 heterocycles. The molecule has 2 heteroatoms. The number of hydrogen-bond donors (Lipinski definition) is 0. The Morgan fingerprint density at radius 2 is 1.67 bits per heavy atom. The van der Waals surface area contributed by atoms with Gasteiger partial charge in [-0.25, -0.2) is 0 Å². The van der Waals surface area contributed by atoms with Crippen molar-refractivity contribution in [1.82, 2.24) is 0 Å². The lowest BCUT2D eigenvalue weighted by atomic mass is 9.97. The van der Waals surface area contributed by atoms with E-state index in [-0.39, 0.29) is 29.1 Å². The second-order valence-electron chi connectivity index (χ2n) is 3.54. The molecule has 0 nitrogen and oxygen atoms in total. The van der Waals surface area contributed by atoms with E-state index in [1.54, 1.807) is 0 Å². The maximum atomic E-state index is 2.86. The first kappa shape index (κ1) is 12.4. The smallest absolute Gasteiger partial charge is 0.00439 e. The molecule has 68 valence electrons. The second-order valence-corrected chi connectivity index (χ2v) is 4.98. The molecule has 1 aromatic rings. The van der Waals surface area contributed by atoms with Crippen LogP contribution in [0.2, 0.25) is 0 Å². The minimum Gasteiger partial charge on any atom is -0.127 e. The van der Waals surface area contributed by atoms with E-state index < -0.39 is 0 Å². The van der Waals surface area contributed by atoms with Crippen molar-refractivity contribution in [2.75, 3.05) is 0 Å². The lowest BCUT2D eigenvalue weighted by molar-refractivity contribution is 0.775. The number of benzene rings is 1. The van der Waals surface area contributed by atoms with Crippen LogP contribution in [0.5, 0.6) is 0 Å². The van der Waals surface area contributed by atoms with Gasteiger partial charge in [0.15, 0.2) is 0 Å². The molecular weight excluding hydrogens is 278 g/mol. The fourth-order valence-corrected chi connectivity index (χ4v) is 1.62. The molecule has 1 rings (SSSR count). The van der Waals surface area contributed by atoms with Gasteiger partial charge in [0.05, 0.1) is 0 Å². The first-order valence-electron chi connectivity index (χ1n) is 3.87. The first-order chi connectivity index (χ1) is 5.02. The van der Waals surface area contributed by atoms with Gasteiger partial charge in [0.2, 0.25) is 0 Å². The van der Waals surface area contributed by atoms with Crippen molar-refractivity contribution in [3.05, 3.63) is 35.4 Å². The van der Waals surface area contributed by atoms with Crippen molar-refractivity contribution in [3.8, 4) is 0 Å². The Balaban J connectivity index is 0.00000121. The summed E-state index contributed by atoms with van der Waals surface area (Å²) in [6.45, 7) is 6.57. The van der Waals surface area contributed by atoms with E-state index in [0.717, 1.165) is 0 Å². The van der Waals surface area contributed by atoms with Crippen molar-refractivity contribution >= 4 is 33.2 Å². The Hall–Kier alpha value is 0.380. The summed E-state index contributed by atoms with van der Waals surface area (Å²) in [4.78, 5) is 0. The van der Waals surface area contributed by atoms with E-state index in [1.807, 2.05) is 0 Å². The molecule has 1 aromatic carbocycles. The highest BCUT2D eigenvalue weighted by molar-refractivity contribution is 14.0. The second kappa shape index (κ2) is 4.57. The molecule has 0 spiro atoms. The molecule has 0 saturated carbocycles. The molecular formula is C10H16IP. The maximum absolute atomic E-state index is 2.86. The molecule has 0 amide bonds. The quantitative estimate of drug-likeness (QED) is 0.547. The third kappa shape index (κ3) is 3.02. The normalized spacial score (nSPS) is 10.7. The zero-order chi connectivity index (χ0) is 8.48. The summed E-state index contributed by atoms with van der Waals surface area (Å²) >= 11 is 0. The van der Waals surface area contributed by atoms with Crippen LogP contribution in [0.4, 0.5) is 0 Å². The molecule has 0 bridgehead atoms. The van der Waals surface area contributed by atoms with Crippen molar-refractivity contribution in [2.24, 2.45) is 0 Å². The van der Waals surface area contributed by atoms with Gasteiger partial charge in [0, 0.05) is 5.16 Å². The van der Waals surface area contributed by atoms with Gasteiger partial charge in [-0.3, -0.25) is 0 Å². The molecule has 12 heavy (non-hydrogen) atoms. The van der Waals surface area contributed by atoms with Crippen molar-refractivity contribution in [3.63, 3.8) is 0 Å². The van der Waals surface area contributed by atoms with E-state index in [0.29, 0.717) is 0 Å². The van der Waals surface area contributed by atoms with Crippen LogP contribution in [-0.2, 0) is 5.16 Å². The molecule has 0 aliphatic rings. The van der Waals surface area contributed by atoms with E-state index in [9.17, 15) is 0 Å². The summed E-state index contributed by atoms with van der Waals surface area (Å²) in [5.74, 6) is 0. The fraction of sp³-hybridized carbons (Fsp3) is 0.400. The third-order valence-electron chi connectivity index (χ3n) is 1.84. The van der Waals surface area contributed by atoms with E-state index in [1.165, 1.54) is 11.1 Å². The van der Waals surface area contributed by atoms with Crippen LogP contribution >= 0.6 is 33.2 Å². The van der Waals surface area contributed by atoms with Gasteiger partial charge in [-0.15, -0.1) is 33.2 Å². The van der Waals surface area contributed by atoms with Gasteiger partial charge in [-0.2, -0.15) is 0 Å². The topological polar surface area (TPSA) is 0 Å². The number of rotatable bonds is 1. The van der Waals surface area contributed by atoms with Crippen LogP contribution in [0.15, 0.2) is 24.3 Å². The molecule has 0 aromatic heterocycles. The van der Waals surface area contributed by atoms with Gasteiger partial charge in [-0.1, -0.05) is 38.1 Å². The number of hydrogen-bond acceptors (Lipinski definition) is 0. The highest BCUT2D eigenvalue weighted by atomic mass is 127. The van der Waals surface area contributed by atoms with Crippen LogP contribution in [0.25, 0.3) is 0 Å². The van der Waals surface area contributed by atoms with E-state index >= 15 is 0 Å². The Morgan fingerprint density at radius 1 is 1.17 bits per heavy atom. The first-order valence-corrected chi connectivity index (χ1v) is 4.44. The Morgan fingerprint density at radius 3 is 2.00 bits per heavy atom. The summed E-state index contributed by atoms with van der Waals surface area (Å²) in [5, 5.41) is 0.200. The average molecular weight is 294 g/mol. The highest BCUT2D eigenvalue weighted by Crippen LogP contribution is 2.31. The highest BCUT2D eigenvalue weighted by Gasteiger charge is 2.14. The minimum absolute atomic E-state index is 0. The number of aryl methyl sites for hydroxylation is 1. The zero-order valence-electron chi connectivity index (χ0n) is 7.79. The van der Waals surface area contributed by atoms with Crippen molar-refractivity contribution in [1.29, 1.82) is 0 Å². The van der Waals surface area contributed by atoms with Crippen LogP contribution in [0.3, 0.4) is 0 Å². The van der Waals surface area contributed by atoms with Crippen LogP contribution in [0.1, 0.15) is 25.0 Å². The summed E-state index contributed by atoms with van der Waals surface area (Å²) in [7, 11) is 2.86. The van der Waals surface area contributed by atoms with Crippen LogP contribution < -0.4 is 0 Å². The van der Waals surface area contributed by atoms with Gasteiger partial charge < -0.3 is 0 Å². The third-order valence-corrected chi connectivity index (χ3v) is 2.15. The lowest BCUT2D eigenvalue weighted by Crippen LogP contribution is -2.08. The predicted molar refractivity (Wildman–Crippen MR) is 69.3 cm³/mol. The van der Waals surface area contributed by atoms with Crippen molar-refractivity contribution in [2.45, 2.75) is 25.9 Å². The van der Waals surface area contributed by atoms with Crippen molar-refractivity contribution < 1.29 is 0 Å². The molecule has 1 unspecified atom stereocenters. The summed E-state index contributed by atoms with van der Waals surface area (Å²) < 4.78 is 0. The molecule has 0 fully saturated rings. The predicted octanol–water partition coefficient (Wildman–Crippen LogP) is 3.72. The molecule has 0 aliphatic carbocycles. The summed E-state index contributed by atoms with van der Waals surface area (Å²) in [5.41, 5.74) is 2.78. The summed E-state index contributed by atoms with van der Waals surface area (Å²) in [6, 6.07) is 8.51. The minimum atomic E-state index is 0. The Kier molecular flexibility index (Phi) is 4.71. The van der Waals surface area contributed by atoms with Gasteiger partial charge in [0.1, 0.15) is 0 Å². The van der Waals surface area contributed by atoms with Gasteiger partial charge >= 0.3 is 0 Å². The molecule has 0 saturated heterocycles. The SMILES string of the molecule is Cc1ccccc1C(C)(C)P.I. The largest absolute Gasteiger partial charge is 0.127 e. The standard InChI is InChI=1S/C10H15P.HI/c1-8-6-4-5-7-9(8)10(2,3)11;/h4-7H,11H2,1-3H3;1H. The Bertz CT molecular complexity index is 250. The van der Waals surface area contributed by atoms with E-state index in [4.69, 9.17) is 0 Å². The Labute approximate surface area is 94.4 Å². The molecule has 0 N–H and O–H groups in total. The zero-order valence-corrected chi connectivity index (χ0v) is 11.3. The lowest BCUT2D eigenvalue weighted by Gasteiger charge is -2.20. The summed E-state index contributed by atoms with van der Waals surface area (Å²) in [6.07, 6.45) is 0. The van der Waals surface area contributed by atoms with Crippen LogP contribution in [0, 0.1) is 6.92 Å². The van der Waals surface area contributed by atoms with Crippen LogP contribution in [-0.4, -0.2) is 0 Å². The molecule has 0 aliphatic heterocycles. The molecule has 1 atom stereocenters. The number of halogens is 1.